The van der Waals surface area contributed by atoms with Gasteiger partial charge in [0.25, 0.3) is 0 Å². The van der Waals surface area contributed by atoms with Crippen LogP contribution >= 0.6 is 11.3 Å². The van der Waals surface area contributed by atoms with Gasteiger partial charge in [0.1, 0.15) is 0 Å². The molecule has 0 aliphatic heterocycles. The van der Waals surface area contributed by atoms with Gasteiger partial charge in [0.15, 0.2) is 0 Å². The molecule has 0 saturated heterocycles. The van der Waals surface area contributed by atoms with Crippen LogP contribution in [0.5, 0.6) is 0 Å². The van der Waals surface area contributed by atoms with Crippen molar-refractivity contribution < 1.29 is 0 Å². The van der Waals surface area contributed by atoms with E-state index in [-0.39, 0.29) is 0 Å². The maximum Gasteiger partial charge on any atom is 0.0821 e. The van der Waals surface area contributed by atoms with Crippen LogP contribution in [0.1, 0.15) is 10.6 Å². The maximum atomic E-state index is 4.06. The molecule has 0 atom stereocenters. The van der Waals surface area contributed by atoms with Crippen molar-refractivity contribution in [3.05, 3.63) is 22.7 Å². The number of thiazole rings is 1. The van der Waals surface area contributed by atoms with E-state index in [9.17, 15) is 0 Å². The van der Waals surface area contributed by atoms with Gasteiger partial charge in [0, 0.05) is 13.3 Å². The van der Waals surface area contributed by atoms with Crippen molar-refractivity contribution in [2.75, 3.05) is 7.05 Å². The van der Waals surface area contributed by atoms with E-state index in [4.69, 9.17) is 0 Å². The van der Waals surface area contributed by atoms with Gasteiger partial charge >= 0.3 is 0 Å². The maximum absolute atomic E-state index is 4.06. The Bertz CT molecular complexity index is 250. The Kier molecular flexibility index (Phi) is 2.34. The lowest BCUT2D eigenvalue weighted by Gasteiger charge is -1.84. The van der Waals surface area contributed by atoms with Crippen LogP contribution < -0.4 is 0 Å². The van der Waals surface area contributed by atoms with E-state index < -0.39 is 0 Å². The first-order valence-corrected chi connectivity index (χ1v) is 3.74. The van der Waals surface area contributed by atoms with Crippen LogP contribution in [0.4, 0.5) is 0 Å². The summed E-state index contributed by atoms with van der Waals surface area (Å²) in [4.78, 5) is 9.01. The molecule has 0 amide bonds. The fourth-order valence-electron chi connectivity index (χ4n) is 0.631. The van der Waals surface area contributed by atoms with Gasteiger partial charge in [-0.1, -0.05) is 6.58 Å². The molecule has 0 spiro atoms. The SMILES string of the molecule is C=Cc1ncsc1C=NC. The highest BCUT2D eigenvalue weighted by molar-refractivity contribution is 7.11. The van der Waals surface area contributed by atoms with E-state index >= 15 is 0 Å². The van der Waals surface area contributed by atoms with Crippen molar-refractivity contribution in [3.8, 4) is 0 Å². The Labute approximate surface area is 64.0 Å². The molecular formula is C7H8N2S. The monoisotopic (exact) mass is 152 g/mol. The normalized spacial score (nSPS) is 10.5. The number of aliphatic imine (C=N–C) groups is 1. The van der Waals surface area contributed by atoms with Gasteiger partial charge in [0.2, 0.25) is 0 Å². The van der Waals surface area contributed by atoms with E-state index in [1.165, 1.54) is 0 Å². The molecule has 1 heterocycles. The van der Waals surface area contributed by atoms with Crippen molar-refractivity contribution in [2.45, 2.75) is 0 Å². The second-order valence-corrected chi connectivity index (χ2v) is 2.58. The van der Waals surface area contributed by atoms with Gasteiger partial charge in [-0.15, -0.1) is 11.3 Å². The highest BCUT2D eigenvalue weighted by Gasteiger charge is 1.96. The summed E-state index contributed by atoms with van der Waals surface area (Å²) in [5, 5.41) is 0. The number of aromatic nitrogens is 1. The van der Waals surface area contributed by atoms with Crippen molar-refractivity contribution in [3.63, 3.8) is 0 Å². The van der Waals surface area contributed by atoms with Crippen LogP contribution in [0.15, 0.2) is 17.1 Å². The fourth-order valence-corrected chi connectivity index (χ4v) is 1.33. The molecule has 0 fully saturated rings. The quantitative estimate of drug-likeness (QED) is 0.593. The Morgan fingerprint density at radius 1 is 1.80 bits per heavy atom. The van der Waals surface area contributed by atoms with Crippen LogP contribution in [0.3, 0.4) is 0 Å². The largest absolute Gasteiger partial charge is 0.295 e. The molecular weight excluding hydrogens is 144 g/mol. The van der Waals surface area contributed by atoms with Crippen LogP contribution in [-0.4, -0.2) is 18.2 Å². The summed E-state index contributed by atoms with van der Waals surface area (Å²) in [5.74, 6) is 0. The molecule has 52 valence electrons. The average Bonchev–Trinajstić information content (AvgIpc) is 2.36. The summed E-state index contributed by atoms with van der Waals surface area (Å²) in [6, 6.07) is 0. The zero-order valence-corrected chi connectivity index (χ0v) is 6.56. The highest BCUT2D eigenvalue weighted by Crippen LogP contribution is 2.10. The number of hydrogen-bond acceptors (Lipinski definition) is 3. The first kappa shape index (κ1) is 7.15. The molecule has 0 radical (unpaired) electrons. The first-order valence-electron chi connectivity index (χ1n) is 2.86. The smallest absolute Gasteiger partial charge is 0.0821 e. The van der Waals surface area contributed by atoms with Gasteiger partial charge in [-0.3, -0.25) is 4.99 Å². The summed E-state index contributed by atoms with van der Waals surface area (Å²) in [6.07, 6.45) is 3.52. The molecule has 3 heteroatoms. The second-order valence-electron chi connectivity index (χ2n) is 1.69. The molecule has 10 heavy (non-hydrogen) atoms. The molecule has 1 rings (SSSR count). The molecule has 0 aromatic carbocycles. The standard InChI is InChI=1S/C7H8N2S/c1-3-6-7(4-8-2)10-5-9-6/h3-5H,1H2,2H3. The molecule has 0 unspecified atom stereocenters. The molecule has 1 aromatic rings. The van der Waals surface area contributed by atoms with Crippen molar-refractivity contribution >= 4 is 23.6 Å². The van der Waals surface area contributed by atoms with Crippen molar-refractivity contribution in [1.82, 2.24) is 4.98 Å². The Morgan fingerprint density at radius 2 is 2.60 bits per heavy atom. The van der Waals surface area contributed by atoms with Gasteiger partial charge in [-0.2, -0.15) is 0 Å². The minimum Gasteiger partial charge on any atom is -0.295 e. The van der Waals surface area contributed by atoms with E-state index in [1.54, 1.807) is 36.2 Å². The molecule has 0 aliphatic carbocycles. The molecule has 0 bridgehead atoms. The molecule has 1 aromatic heterocycles. The summed E-state index contributed by atoms with van der Waals surface area (Å²) in [7, 11) is 1.74. The summed E-state index contributed by atoms with van der Waals surface area (Å²) < 4.78 is 0. The highest BCUT2D eigenvalue weighted by atomic mass is 32.1. The molecule has 2 nitrogen and oxygen atoms in total. The van der Waals surface area contributed by atoms with E-state index in [1.807, 2.05) is 0 Å². The third-order valence-corrected chi connectivity index (χ3v) is 1.84. The topological polar surface area (TPSA) is 25.2 Å². The number of rotatable bonds is 2. The third-order valence-electron chi connectivity index (χ3n) is 1.06. The zero-order valence-electron chi connectivity index (χ0n) is 5.74. The van der Waals surface area contributed by atoms with Crippen LogP contribution in [0.25, 0.3) is 6.08 Å². The third kappa shape index (κ3) is 1.30. The average molecular weight is 152 g/mol. The zero-order chi connectivity index (χ0) is 7.40. The minimum absolute atomic E-state index is 0.913. The van der Waals surface area contributed by atoms with Crippen molar-refractivity contribution in [1.29, 1.82) is 0 Å². The van der Waals surface area contributed by atoms with E-state index in [0.29, 0.717) is 0 Å². The Hall–Kier alpha value is -0.960. The van der Waals surface area contributed by atoms with Gasteiger partial charge in [0.05, 0.1) is 16.1 Å². The number of hydrogen-bond donors (Lipinski definition) is 0. The minimum atomic E-state index is 0.913. The van der Waals surface area contributed by atoms with Gasteiger partial charge < -0.3 is 0 Å². The van der Waals surface area contributed by atoms with E-state index in [2.05, 4.69) is 16.6 Å². The van der Waals surface area contributed by atoms with Crippen LogP contribution in [0, 0.1) is 0 Å². The summed E-state index contributed by atoms with van der Waals surface area (Å²) in [5.41, 5.74) is 2.70. The fraction of sp³-hybridized carbons (Fsp3) is 0.143. The lowest BCUT2D eigenvalue weighted by Crippen LogP contribution is -1.78. The molecule has 0 aliphatic rings. The van der Waals surface area contributed by atoms with E-state index in [0.717, 1.165) is 10.6 Å². The number of nitrogens with zero attached hydrogens (tertiary/aromatic N) is 2. The van der Waals surface area contributed by atoms with Gasteiger partial charge in [-0.25, -0.2) is 4.98 Å². The lowest BCUT2D eigenvalue weighted by molar-refractivity contribution is 1.37. The molecule has 0 N–H and O–H groups in total. The van der Waals surface area contributed by atoms with Crippen LogP contribution in [-0.2, 0) is 0 Å². The first-order chi connectivity index (χ1) is 4.88. The molecule has 0 saturated carbocycles. The summed E-state index contributed by atoms with van der Waals surface area (Å²) >= 11 is 1.57. The predicted octanol–water partition coefficient (Wildman–Crippen LogP) is 1.83. The lowest BCUT2D eigenvalue weighted by atomic mass is 10.4. The van der Waals surface area contributed by atoms with Crippen LogP contribution in [0.2, 0.25) is 0 Å². The summed E-state index contributed by atoms with van der Waals surface area (Å²) in [6.45, 7) is 3.63. The Morgan fingerprint density at radius 3 is 3.20 bits per heavy atom. The van der Waals surface area contributed by atoms with Gasteiger partial charge in [-0.05, 0) is 6.08 Å². The Balaban J connectivity index is 3.00. The second kappa shape index (κ2) is 3.27. The predicted molar refractivity (Wildman–Crippen MR) is 45.7 cm³/mol. The van der Waals surface area contributed by atoms with Crippen molar-refractivity contribution in [2.24, 2.45) is 4.99 Å².